The van der Waals surface area contributed by atoms with Crippen LogP contribution in [0.25, 0.3) is 6.08 Å². The predicted molar refractivity (Wildman–Crippen MR) is 187 cm³/mol. The van der Waals surface area contributed by atoms with Crippen molar-refractivity contribution in [3.8, 4) is 0 Å². The molecule has 8 heteroatoms. The molecule has 2 N–H and O–H groups in total. The van der Waals surface area contributed by atoms with Gasteiger partial charge < -0.3 is 10.6 Å². The number of aryl methyl sites for hydroxylation is 2. The van der Waals surface area contributed by atoms with Crippen LogP contribution < -0.4 is 15.5 Å². The van der Waals surface area contributed by atoms with Gasteiger partial charge in [0.1, 0.15) is 5.70 Å². The van der Waals surface area contributed by atoms with Crippen LogP contribution in [0.5, 0.6) is 0 Å². The first kappa shape index (κ1) is 30.9. The van der Waals surface area contributed by atoms with Gasteiger partial charge in [-0.05, 0) is 96.3 Å². The summed E-state index contributed by atoms with van der Waals surface area (Å²) in [6, 6.07) is 39.1. The van der Waals surface area contributed by atoms with Gasteiger partial charge in [-0.1, -0.05) is 78.3 Å². The van der Waals surface area contributed by atoms with Gasteiger partial charge in [0.25, 0.3) is 11.8 Å². The number of nitrogens with one attached hydrogen (secondary N) is 2. The molecular formula is C38H30ClN3O3S. The van der Waals surface area contributed by atoms with E-state index in [-0.39, 0.29) is 17.4 Å². The molecule has 6 nitrogen and oxygen atoms in total. The fraction of sp³-hybridized carbons (Fsp3) is 0.0789. The number of para-hydroxylation sites is 2. The maximum atomic E-state index is 13.7. The molecule has 0 aliphatic carbocycles. The van der Waals surface area contributed by atoms with Gasteiger partial charge in [-0.2, -0.15) is 0 Å². The lowest BCUT2D eigenvalue weighted by atomic mass is 10.0. The molecule has 5 aromatic rings. The average Bonchev–Trinajstić information content (AvgIpc) is 3.26. The Morgan fingerprint density at radius 3 is 1.93 bits per heavy atom. The Morgan fingerprint density at radius 2 is 1.30 bits per heavy atom. The number of thioether (sulfide) groups is 1. The number of hydrogen-bond donors (Lipinski definition) is 2. The van der Waals surface area contributed by atoms with Gasteiger partial charge in [-0.15, -0.1) is 11.8 Å². The number of rotatable bonds is 8. The molecule has 0 saturated carbocycles. The zero-order valence-corrected chi connectivity index (χ0v) is 26.4. The quantitative estimate of drug-likeness (QED) is 0.132. The third-order valence-electron chi connectivity index (χ3n) is 7.56. The van der Waals surface area contributed by atoms with Crippen LogP contribution in [0.15, 0.2) is 138 Å². The number of nitrogens with zero attached hydrogens (tertiary/aromatic N) is 1. The molecule has 46 heavy (non-hydrogen) atoms. The highest BCUT2D eigenvalue weighted by atomic mass is 35.5. The molecule has 6 rings (SSSR count). The van der Waals surface area contributed by atoms with Crippen LogP contribution in [0.4, 0.5) is 17.1 Å². The summed E-state index contributed by atoms with van der Waals surface area (Å²) in [5, 5.41) is 6.18. The number of carbonyl (C=O) groups excluding carboxylic acids is 3. The summed E-state index contributed by atoms with van der Waals surface area (Å²) < 4.78 is 0. The van der Waals surface area contributed by atoms with Crippen molar-refractivity contribution >= 4 is 64.2 Å². The number of hydrogen-bond acceptors (Lipinski definition) is 4. The molecule has 3 amide bonds. The van der Waals surface area contributed by atoms with Crippen LogP contribution in [0.3, 0.4) is 0 Å². The second-order valence-corrected chi connectivity index (χ2v) is 12.2. The first-order chi connectivity index (χ1) is 22.4. The van der Waals surface area contributed by atoms with Crippen molar-refractivity contribution in [2.24, 2.45) is 0 Å². The minimum atomic E-state index is -0.478. The summed E-state index contributed by atoms with van der Waals surface area (Å²) in [6.45, 7) is 0. The molecule has 0 atom stereocenters. The standard InChI is InChI=1S/C38H30ClN3O3S/c39-30-18-14-26(15-19-30)24-33(41-37(44)29-10-2-1-3-11-29)38(45)40-31-20-22-32(23-21-31)46-25-36(43)42-34-12-6-4-8-27(34)16-17-28-9-5-7-13-35(28)42/h1-15,18-24H,16-17,25H2,(H,40,45)(H,41,44)/b33-24-. The Morgan fingerprint density at radius 1 is 0.717 bits per heavy atom. The smallest absolute Gasteiger partial charge is 0.272 e. The minimum absolute atomic E-state index is 0.00434. The second kappa shape index (κ2) is 14.3. The van der Waals surface area contributed by atoms with Crippen LogP contribution in [0, 0.1) is 0 Å². The summed E-state index contributed by atoms with van der Waals surface area (Å²) in [6.07, 6.45) is 3.36. The first-order valence-electron chi connectivity index (χ1n) is 14.8. The molecule has 0 fully saturated rings. The summed E-state index contributed by atoms with van der Waals surface area (Å²) in [4.78, 5) is 42.7. The maximum absolute atomic E-state index is 13.7. The lowest BCUT2D eigenvalue weighted by molar-refractivity contribution is -0.115. The van der Waals surface area contributed by atoms with Crippen molar-refractivity contribution in [2.45, 2.75) is 17.7 Å². The summed E-state index contributed by atoms with van der Waals surface area (Å²) in [5.74, 6) is -0.640. The molecule has 0 saturated heterocycles. The third kappa shape index (κ3) is 7.40. The Balaban J connectivity index is 1.14. The Hall–Kier alpha value is -5.11. The molecule has 1 aliphatic heterocycles. The number of carbonyl (C=O) groups is 3. The van der Waals surface area contributed by atoms with Crippen molar-refractivity contribution in [1.82, 2.24) is 5.32 Å². The van der Waals surface area contributed by atoms with E-state index in [1.165, 1.54) is 11.8 Å². The minimum Gasteiger partial charge on any atom is -0.321 e. The lowest BCUT2D eigenvalue weighted by Gasteiger charge is -2.25. The lowest BCUT2D eigenvalue weighted by Crippen LogP contribution is -2.30. The topological polar surface area (TPSA) is 78.5 Å². The van der Waals surface area contributed by atoms with Gasteiger partial charge in [-0.25, -0.2) is 0 Å². The molecule has 0 bridgehead atoms. The van der Waals surface area contributed by atoms with Crippen LogP contribution in [0.1, 0.15) is 27.0 Å². The Kier molecular flexibility index (Phi) is 9.62. The molecular weight excluding hydrogens is 614 g/mol. The third-order valence-corrected chi connectivity index (χ3v) is 8.81. The number of amides is 3. The van der Waals surface area contributed by atoms with Crippen molar-refractivity contribution < 1.29 is 14.4 Å². The van der Waals surface area contributed by atoms with Crippen LogP contribution in [-0.4, -0.2) is 23.5 Å². The highest BCUT2D eigenvalue weighted by molar-refractivity contribution is 8.00. The summed E-state index contributed by atoms with van der Waals surface area (Å²) in [7, 11) is 0. The Labute approximate surface area is 277 Å². The van der Waals surface area contributed by atoms with E-state index in [9.17, 15) is 14.4 Å². The van der Waals surface area contributed by atoms with Crippen LogP contribution in [0.2, 0.25) is 5.02 Å². The number of fused-ring (bicyclic) bond motifs is 2. The van der Waals surface area contributed by atoms with E-state index in [0.717, 1.165) is 40.2 Å². The fourth-order valence-electron chi connectivity index (χ4n) is 5.26. The summed E-state index contributed by atoms with van der Waals surface area (Å²) in [5.41, 5.74) is 5.93. The van der Waals surface area contributed by atoms with Crippen molar-refractivity contribution in [3.05, 3.63) is 160 Å². The van der Waals surface area contributed by atoms with E-state index in [0.29, 0.717) is 21.8 Å². The maximum Gasteiger partial charge on any atom is 0.272 e. The number of benzene rings is 5. The molecule has 5 aromatic carbocycles. The fourth-order valence-corrected chi connectivity index (χ4v) is 6.13. The Bertz CT molecular complexity index is 1860. The molecule has 0 radical (unpaired) electrons. The van der Waals surface area contributed by atoms with Crippen LogP contribution in [-0.2, 0) is 22.4 Å². The van der Waals surface area contributed by atoms with Gasteiger partial charge in [0.05, 0.1) is 17.1 Å². The van der Waals surface area contributed by atoms with Gasteiger partial charge in [0.15, 0.2) is 0 Å². The van der Waals surface area contributed by atoms with E-state index >= 15 is 0 Å². The van der Waals surface area contributed by atoms with Crippen molar-refractivity contribution in [2.75, 3.05) is 16.0 Å². The second-order valence-electron chi connectivity index (χ2n) is 10.7. The predicted octanol–water partition coefficient (Wildman–Crippen LogP) is 8.31. The number of anilines is 3. The van der Waals surface area contributed by atoms with Gasteiger partial charge in [0.2, 0.25) is 5.91 Å². The normalized spacial score (nSPS) is 12.4. The van der Waals surface area contributed by atoms with Crippen molar-refractivity contribution in [1.29, 1.82) is 0 Å². The van der Waals surface area contributed by atoms with Gasteiger partial charge >= 0.3 is 0 Å². The molecule has 1 heterocycles. The number of halogens is 1. The van der Waals surface area contributed by atoms with E-state index in [2.05, 4.69) is 22.8 Å². The molecule has 228 valence electrons. The summed E-state index contributed by atoms with van der Waals surface area (Å²) >= 11 is 7.47. The van der Waals surface area contributed by atoms with E-state index < -0.39 is 11.8 Å². The molecule has 0 unspecified atom stereocenters. The molecule has 1 aliphatic rings. The van der Waals surface area contributed by atoms with Gasteiger partial charge in [-0.3, -0.25) is 19.3 Å². The SMILES string of the molecule is O=C(Nc1ccc(SCC(=O)N2c3ccccc3CCc3ccccc32)cc1)/C(=C/c1ccc(Cl)cc1)NC(=O)c1ccccc1. The molecule has 0 aromatic heterocycles. The zero-order chi connectivity index (χ0) is 31.9. The highest BCUT2D eigenvalue weighted by Gasteiger charge is 2.25. The average molecular weight is 644 g/mol. The zero-order valence-electron chi connectivity index (χ0n) is 24.8. The van der Waals surface area contributed by atoms with E-state index in [1.54, 1.807) is 66.7 Å². The van der Waals surface area contributed by atoms with Gasteiger partial charge in [0, 0.05) is 21.2 Å². The monoisotopic (exact) mass is 643 g/mol. The van der Waals surface area contributed by atoms with Crippen molar-refractivity contribution in [3.63, 3.8) is 0 Å². The highest BCUT2D eigenvalue weighted by Crippen LogP contribution is 2.37. The first-order valence-corrected chi connectivity index (χ1v) is 16.2. The molecule has 0 spiro atoms. The van der Waals surface area contributed by atoms with E-state index in [4.69, 9.17) is 11.6 Å². The van der Waals surface area contributed by atoms with Crippen LogP contribution >= 0.6 is 23.4 Å². The van der Waals surface area contributed by atoms with E-state index in [1.807, 2.05) is 59.5 Å². The largest absolute Gasteiger partial charge is 0.321 e.